The smallest absolute Gasteiger partial charge is 0.335 e. The van der Waals surface area contributed by atoms with Crippen molar-refractivity contribution in [3.8, 4) is 0 Å². The van der Waals surface area contributed by atoms with E-state index < -0.39 is 12.2 Å². The van der Waals surface area contributed by atoms with Crippen LogP contribution in [-0.2, 0) is 14.3 Å². The minimum atomic E-state index is -0.551. The van der Waals surface area contributed by atoms with Crippen molar-refractivity contribution in [1.82, 2.24) is 0 Å². The van der Waals surface area contributed by atoms with Gasteiger partial charge in [0.1, 0.15) is 0 Å². The van der Waals surface area contributed by atoms with E-state index >= 15 is 0 Å². The van der Waals surface area contributed by atoms with Gasteiger partial charge < -0.3 is 14.6 Å². The number of hydrogen-bond donors (Lipinski definition) is 1. The molecule has 1 fully saturated rings. The van der Waals surface area contributed by atoms with E-state index in [0.717, 1.165) is 0 Å². The number of carbonyl (C=O) groups excluding carboxylic acids is 1. The lowest BCUT2D eigenvalue weighted by Gasteiger charge is -2.06. The number of ether oxygens (including phenoxy) is 2. The molecule has 0 saturated carbocycles. The quantitative estimate of drug-likeness (QED) is 0.563. The number of esters is 1. The summed E-state index contributed by atoms with van der Waals surface area (Å²) in [4.78, 5) is 10.9. The maximum Gasteiger partial charge on any atom is 0.335 e. The highest BCUT2D eigenvalue weighted by Crippen LogP contribution is 2.13. The second-order valence-corrected chi connectivity index (χ2v) is 2.46. The second kappa shape index (κ2) is 3.69. The average Bonchev–Trinajstić information content (AvgIpc) is 2.36. The van der Waals surface area contributed by atoms with Gasteiger partial charge in [0.15, 0.2) is 6.10 Å². The fourth-order valence-corrected chi connectivity index (χ4v) is 1.01. The van der Waals surface area contributed by atoms with Crippen molar-refractivity contribution in [2.75, 3.05) is 13.2 Å². The summed E-state index contributed by atoms with van der Waals surface area (Å²) in [7, 11) is 0. The highest BCUT2D eigenvalue weighted by Gasteiger charge is 2.30. The van der Waals surface area contributed by atoms with Crippen LogP contribution in [-0.4, -0.2) is 36.5 Å². The fourth-order valence-electron chi connectivity index (χ4n) is 1.01. The molecule has 0 aromatic heterocycles. The molecule has 1 aliphatic rings. The van der Waals surface area contributed by atoms with Gasteiger partial charge in [-0.3, -0.25) is 0 Å². The summed E-state index contributed by atoms with van der Waals surface area (Å²) in [6.45, 7) is 2.33. The third-order valence-corrected chi connectivity index (χ3v) is 1.53. The Morgan fingerprint density at radius 2 is 2.55 bits per heavy atom. The Morgan fingerprint density at radius 1 is 1.82 bits per heavy atom. The second-order valence-electron chi connectivity index (χ2n) is 2.46. The molecular formula is C7H12O4. The van der Waals surface area contributed by atoms with Crippen LogP contribution < -0.4 is 0 Å². The van der Waals surface area contributed by atoms with Crippen LogP contribution in [0.5, 0.6) is 0 Å². The molecule has 0 bridgehead atoms. The SMILES string of the molecule is CCOC(=O)[C@H]1C[C@@H](O)CO1. The van der Waals surface area contributed by atoms with Gasteiger partial charge in [-0.25, -0.2) is 4.79 Å². The highest BCUT2D eigenvalue weighted by atomic mass is 16.6. The number of rotatable bonds is 2. The van der Waals surface area contributed by atoms with Crippen molar-refractivity contribution >= 4 is 5.97 Å². The number of aliphatic hydroxyl groups excluding tert-OH is 1. The van der Waals surface area contributed by atoms with Gasteiger partial charge in [0.25, 0.3) is 0 Å². The first kappa shape index (κ1) is 8.49. The molecule has 11 heavy (non-hydrogen) atoms. The maximum atomic E-state index is 10.9. The zero-order valence-corrected chi connectivity index (χ0v) is 6.45. The molecule has 64 valence electrons. The van der Waals surface area contributed by atoms with E-state index in [2.05, 4.69) is 0 Å². The number of hydrogen-bond acceptors (Lipinski definition) is 4. The predicted molar refractivity (Wildman–Crippen MR) is 37.0 cm³/mol. The Bertz CT molecular complexity index is 145. The van der Waals surface area contributed by atoms with E-state index in [4.69, 9.17) is 14.6 Å². The molecule has 0 radical (unpaired) electrons. The summed E-state index contributed by atoms with van der Waals surface area (Å²) in [6, 6.07) is 0. The number of carbonyl (C=O) groups is 1. The van der Waals surface area contributed by atoms with Gasteiger partial charge in [0.05, 0.1) is 19.3 Å². The Kier molecular flexibility index (Phi) is 2.84. The normalized spacial score (nSPS) is 30.4. The molecule has 0 spiro atoms. The lowest BCUT2D eigenvalue weighted by molar-refractivity contribution is -0.153. The molecule has 2 atom stereocenters. The molecule has 0 aliphatic carbocycles. The van der Waals surface area contributed by atoms with Crippen LogP contribution in [0.25, 0.3) is 0 Å². The lowest BCUT2D eigenvalue weighted by atomic mass is 10.2. The molecule has 1 N–H and O–H groups in total. The first-order valence-corrected chi connectivity index (χ1v) is 3.70. The van der Waals surface area contributed by atoms with Gasteiger partial charge in [-0.05, 0) is 6.92 Å². The standard InChI is InChI=1S/C7H12O4/c1-2-10-7(9)6-3-5(8)4-11-6/h5-6,8H,2-4H2,1H3/t5-,6-/m1/s1. The summed E-state index contributed by atoms with van der Waals surface area (Å²) in [5.74, 6) is -0.371. The molecule has 1 rings (SSSR count). The van der Waals surface area contributed by atoms with E-state index in [0.29, 0.717) is 13.0 Å². The molecule has 1 saturated heterocycles. The summed E-state index contributed by atoms with van der Waals surface area (Å²) in [5, 5.41) is 8.98. The lowest BCUT2D eigenvalue weighted by Crippen LogP contribution is -2.22. The highest BCUT2D eigenvalue weighted by molar-refractivity contribution is 5.75. The zero-order valence-electron chi connectivity index (χ0n) is 6.45. The number of aliphatic hydroxyl groups is 1. The van der Waals surface area contributed by atoms with Crippen molar-refractivity contribution in [2.45, 2.75) is 25.6 Å². The molecule has 0 aromatic carbocycles. The van der Waals surface area contributed by atoms with Crippen LogP contribution in [0, 0.1) is 0 Å². The summed E-state index contributed by atoms with van der Waals surface area (Å²) in [5.41, 5.74) is 0. The molecular weight excluding hydrogens is 148 g/mol. The van der Waals surface area contributed by atoms with E-state index in [1.54, 1.807) is 6.92 Å². The van der Waals surface area contributed by atoms with Crippen LogP contribution in [0.15, 0.2) is 0 Å². The molecule has 4 nitrogen and oxygen atoms in total. The summed E-state index contributed by atoms with van der Waals surface area (Å²) < 4.78 is 9.65. The monoisotopic (exact) mass is 160 g/mol. The van der Waals surface area contributed by atoms with Crippen molar-refractivity contribution in [1.29, 1.82) is 0 Å². The van der Waals surface area contributed by atoms with E-state index in [-0.39, 0.29) is 12.6 Å². The maximum absolute atomic E-state index is 10.9. The van der Waals surface area contributed by atoms with Crippen LogP contribution in [0.4, 0.5) is 0 Å². The molecule has 4 heteroatoms. The van der Waals surface area contributed by atoms with Gasteiger partial charge in [0.2, 0.25) is 0 Å². The molecule has 1 aliphatic heterocycles. The van der Waals surface area contributed by atoms with Crippen molar-refractivity contribution in [2.24, 2.45) is 0 Å². The fraction of sp³-hybridized carbons (Fsp3) is 0.857. The largest absolute Gasteiger partial charge is 0.464 e. The van der Waals surface area contributed by atoms with Gasteiger partial charge >= 0.3 is 5.97 Å². The Balaban J connectivity index is 2.31. The Morgan fingerprint density at radius 3 is 3.00 bits per heavy atom. The minimum Gasteiger partial charge on any atom is -0.464 e. The zero-order chi connectivity index (χ0) is 8.27. The van der Waals surface area contributed by atoms with Crippen LogP contribution in [0.1, 0.15) is 13.3 Å². The first-order chi connectivity index (χ1) is 5.24. The molecule has 1 heterocycles. The van der Waals surface area contributed by atoms with Crippen molar-refractivity contribution in [3.05, 3.63) is 0 Å². The van der Waals surface area contributed by atoms with Crippen molar-refractivity contribution in [3.63, 3.8) is 0 Å². The van der Waals surface area contributed by atoms with Crippen LogP contribution in [0.3, 0.4) is 0 Å². The van der Waals surface area contributed by atoms with Gasteiger partial charge in [-0.2, -0.15) is 0 Å². The topological polar surface area (TPSA) is 55.8 Å². The van der Waals surface area contributed by atoms with E-state index in [1.807, 2.05) is 0 Å². The van der Waals surface area contributed by atoms with Gasteiger partial charge in [-0.15, -0.1) is 0 Å². The predicted octanol–water partition coefficient (Wildman–Crippen LogP) is -0.301. The first-order valence-electron chi connectivity index (χ1n) is 3.70. The van der Waals surface area contributed by atoms with E-state index in [9.17, 15) is 4.79 Å². The molecule has 0 unspecified atom stereocenters. The molecule has 0 aromatic rings. The summed E-state index contributed by atoms with van der Waals surface area (Å²) >= 11 is 0. The van der Waals surface area contributed by atoms with Gasteiger partial charge in [-0.1, -0.05) is 0 Å². The van der Waals surface area contributed by atoms with Crippen LogP contribution in [0.2, 0.25) is 0 Å². The van der Waals surface area contributed by atoms with Gasteiger partial charge in [0, 0.05) is 6.42 Å². The third-order valence-electron chi connectivity index (χ3n) is 1.53. The van der Waals surface area contributed by atoms with E-state index in [1.165, 1.54) is 0 Å². The van der Waals surface area contributed by atoms with Crippen molar-refractivity contribution < 1.29 is 19.4 Å². The average molecular weight is 160 g/mol. The third kappa shape index (κ3) is 2.17. The minimum absolute atomic E-state index is 0.240. The summed E-state index contributed by atoms with van der Waals surface area (Å²) in [6.07, 6.45) is -0.701. The molecule has 0 amide bonds. The Hall–Kier alpha value is -0.610. The van der Waals surface area contributed by atoms with Crippen LogP contribution >= 0.6 is 0 Å². The Labute approximate surface area is 65.1 Å².